The Morgan fingerprint density at radius 1 is 0.836 bits per heavy atom. The Hall–Kier alpha value is -5.24. The quantitative estimate of drug-likeness (QED) is 0.0461. The monoisotopic (exact) mass is 1030 g/mol. The molecule has 1 saturated carbocycles. The van der Waals surface area contributed by atoms with Gasteiger partial charge in [-0.2, -0.15) is 0 Å². The SMILES string of the molecule is CC1CCCCC1.CCN(CCCC[C@H](NC(=O)CCC(=O)[C@H](C)NC(=O)CCC(=O)CC(C)C)C(=O)CC(CO)C(=O)NCCC(=O)N(CC(N)=O)CC1=CN(CCCN)NN1)C(C)C.Cc1ccccc1. The predicted molar refractivity (Wildman–Crippen MR) is 285 cm³/mol. The molecule has 3 rings (SSSR count). The number of ketones is 3. The van der Waals surface area contributed by atoms with Crippen LogP contribution in [0.5, 0.6) is 0 Å². The maximum atomic E-state index is 13.6. The van der Waals surface area contributed by atoms with E-state index in [-0.39, 0.29) is 75.6 Å². The number of carbonyl (C=O) groups is 8. The van der Waals surface area contributed by atoms with Gasteiger partial charge in [0, 0.05) is 70.3 Å². The van der Waals surface area contributed by atoms with Crippen molar-refractivity contribution in [2.24, 2.45) is 29.2 Å². The van der Waals surface area contributed by atoms with Crippen molar-refractivity contribution in [3.8, 4) is 0 Å². The molecule has 1 aromatic rings. The topological polar surface area (TPSA) is 279 Å². The lowest BCUT2D eigenvalue weighted by atomic mass is 9.91. The van der Waals surface area contributed by atoms with Crippen LogP contribution in [0.15, 0.2) is 42.2 Å². The maximum absolute atomic E-state index is 13.6. The third kappa shape index (κ3) is 31.2. The molecule has 10 N–H and O–H groups in total. The highest BCUT2D eigenvalue weighted by Gasteiger charge is 2.29. The van der Waals surface area contributed by atoms with Crippen LogP contribution >= 0.6 is 0 Å². The highest BCUT2D eigenvalue weighted by atomic mass is 16.3. The van der Waals surface area contributed by atoms with Gasteiger partial charge in [0.15, 0.2) is 11.6 Å². The summed E-state index contributed by atoms with van der Waals surface area (Å²) in [5.41, 5.74) is 18.7. The molecule has 1 aliphatic heterocycles. The van der Waals surface area contributed by atoms with Gasteiger partial charge in [-0.25, -0.2) is 0 Å². The highest BCUT2D eigenvalue weighted by Crippen LogP contribution is 2.22. The van der Waals surface area contributed by atoms with Gasteiger partial charge in [0.1, 0.15) is 5.78 Å². The molecule has 1 heterocycles. The fraction of sp³-hybridized carbons (Fsp3) is 0.704. The van der Waals surface area contributed by atoms with Gasteiger partial charge in [0.2, 0.25) is 29.5 Å². The molecule has 19 nitrogen and oxygen atoms in total. The number of aliphatic hydroxyl groups excluding tert-OH is 1. The molecule has 0 aromatic heterocycles. The summed E-state index contributed by atoms with van der Waals surface area (Å²) in [5.74, 6) is -3.68. The Morgan fingerprint density at radius 2 is 1.49 bits per heavy atom. The summed E-state index contributed by atoms with van der Waals surface area (Å²) in [5, 5.41) is 19.7. The molecule has 1 unspecified atom stereocenters. The number of primary amides is 1. The standard InChI is InChI=1S/C40H72N10O9.C7H14.C7H8/c1-7-48(28(4)5)19-9-8-11-33(45-38(57)15-13-34(53)29(6)44-37(56)14-12-32(52)21-27(2)3)35(54)22-30(26-51)40(59)43-18-16-39(58)49(25-36(42)55)23-31-24-50(47-46-31)20-10-17-41;2*1-7-5-3-2-4-6-7/h24,27-30,33,46-47,51H,7-23,25-26,41H2,1-6H3,(H2,42,55)(H,43,59)(H,44,56)(H,45,57);7H,2-6H2,1H3;2-6H,1H3/t29-,30?,33-;;/m0../s1. The van der Waals surface area contributed by atoms with Crippen molar-refractivity contribution in [1.29, 1.82) is 0 Å². The van der Waals surface area contributed by atoms with E-state index in [0.717, 1.165) is 31.8 Å². The fourth-order valence-corrected chi connectivity index (χ4v) is 8.23. The van der Waals surface area contributed by atoms with Crippen molar-refractivity contribution in [1.82, 2.24) is 41.7 Å². The lowest BCUT2D eigenvalue weighted by Gasteiger charge is -2.25. The number of carbonyl (C=O) groups excluding carboxylic acids is 8. The second kappa shape index (κ2) is 38.4. The number of unbranched alkanes of at least 4 members (excludes halogenated alkanes) is 1. The van der Waals surface area contributed by atoms with Crippen LogP contribution in [-0.2, 0) is 38.4 Å². The molecule has 1 aromatic carbocycles. The van der Waals surface area contributed by atoms with Gasteiger partial charge < -0.3 is 47.7 Å². The van der Waals surface area contributed by atoms with E-state index in [1.54, 1.807) is 11.2 Å². The Balaban J connectivity index is 0.00000162. The van der Waals surface area contributed by atoms with Gasteiger partial charge >= 0.3 is 0 Å². The molecule has 1 aliphatic carbocycles. The largest absolute Gasteiger partial charge is 0.396 e. The molecule has 0 spiro atoms. The number of hydrogen-bond acceptors (Lipinski definition) is 14. The molecule has 3 atom stereocenters. The number of amides is 5. The maximum Gasteiger partial charge on any atom is 0.237 e. The van der Waals surface area contributed by atoms with Gasteiger partial charge in [-0.3, -0.25) is 43.4 Å². The molecule has 2 aliphatic rings. The number of nitrogens with zero attached hydrogens (tertiary/aromatic N) is 3. The molecular weight excluding hydrogens is 933 g/mol. The first-order valence-corrected chi connectivity index (χ1v) is 26.7. The third-order valence-electron chi connectivity index (χ3n) is 12.6. The zero-order chi connectivity index (χ0) is 54.7. The molecule has 0 radical (unpaired) electrons. The molecule has 1 fully saturated rings. The van der Waals surface area contributed by atoms with Crippen LogP contribution in [-0.4, -0.2) is 137 Å². The zero-order valence-electron chi connectivity index (χ0n) is 45.6. The first-order chi connectivity index (χ1) is 34.7. The lowest BCUT2D eigenvalue weighted by Crippen LogP contribution is -2.45. The third-order valence-corrected chi connectivity index (χ3v) is 12.6. The average Bonchev–Trinajstić information content (AvgIpc) is 3.80. The molecule has 5 amide bonds. The summed E-state index contributed by atoms with van der Waals surface area (Å²) in [6.07, 6.45) is 10.9. The van der Waals surface area contributed by atoms with Crippen LogP contribution in [0.2, 0.25) is 0 Å². The minimum absolute atomic E-state index is 0.0312. The number of hydrogen-bond donors (Lipinski definition) is 8. The Labute approximate surface area is 436 Å². The van der Waals surface area contributed by atoms with E-state index in [1.165, 1.54) is 49.5 Å². The number of Topliss-reactive ketones (excluding diaryl/α,β-unsaturated/α-hetero) is 3. The van der Waals surface area contributed by atoms with E-state index >= 15 is 0 Å². The number of rotatable bonds is 33. The van der Waals surface area contributed by atoms with Crippen molar-refractivity contribution in [2.45, 2.75) is 176 Å². The van der Waals surface area contributed by atoms with E-state index in [2.05, 4.69) is 78.6 Å². The van der Waals surface area contributed by atoms with Crippen molar-refractivity contribution in [3.05, 3.63) is 47.8 Å². The first kappa shape index (κ1) is 65.8. The van der Waals surface area contributed by atoms with Crippen LogP contribution in [0.4, 0.5) is 0 Å². The van der Waals surface area contributed by atoms with Crippen molar-refractivity contribution < 1.29 is 43.5 Å². The van der Waals surface area contributed by atoms with E-state index in [0.29, 0.717) is 37.7 Å². The Morgan fingerprint density at radius 3 is 2.04 bits per heavy atom. The summed E-state index contributed by atoms with van der Waals surface area (Å²) in [7, 11) is 0. The number of hydrazine groups is 2. The molecule has 19 heteroatoms. The summed E-state index contributed by atoms with van der Waals surface area (Å²) in [4.78, 5) is 105. The number of nitrogens with one attached hydrogen (secondary N) is 5. The molecule has 0 saturated heterocycles. The first-order valence-electron chi connectivity index (χ1n) is 26.7. The number of aryl methyl sites for hydroxylation is 1. The number of benzene rings is 1. The predicted octanol–water partition coefficient (Wildman–Crippen LogP) is 4.11. The molecule has 0 bridgehead atoms. The van der Waals surface area contributed by atoms with Gasteiger partial charge in [-0.05, 0) is 84.8 Å². The van der Waals surface area contributed by atoms with E-state index in [4.69, 9.17) is 11.5 Å². The molecule has 414 valence electrons. The zero-order valence-corrected chi connectivity index (χ0v) is 45.6. The summed E-state index contributed by atoms with van der Waals surface area (Å²) in [6, 6.07) is 8.73. The summed E-state index contributed by atoms with van der Waals surface area (Å²) in [6.45, 7) is 17.6. The van der Waals surface area contributed by atoms with Crippen molar-refractivity contribution in [2.75, 3.05) is 52.4 Å². The van der Waals surface area contributed by atoms with E-state index in [9.17, 15) is 43.5 Å². The second-order valence-corrected chi connectivity index (χ2v) is 20.2. The minimum atomic E-state index is -1.17. The Bertz CT molecular complexity index is 1840. The summed E-state index contributed by atoms with van der Waals surface area (Å²) < 4.78 is 0. The van der Waals surface area contributed by atoms with E-state index in [1.807, 2.05) is 32.0 Å². The van der Waals surface area contributed by atoms with Crippen LogP contribution < -0.4 is 38.4 Å². The lowest BCUT2D eigenvalue weighted by molar-refractivity contribution is -0.135. The number of nitrogens with two attached hydrogens (primary N) is 2. The van der Waals surface area contributed by atoms with Crippen LogP contribution in [0.3, 0.4) is 0 Å². The minimum Gasteiger partial charge on any atom is -0.396 e. The summed E-state index contributed by atoms with van der Waals surface area (Å²) >= 11 is 0. The highest BCUT2D eigenvalue weighted by molar-refractivity contribution is 5.95. The van der Waals surface area contributed by atoms with Gasteiger partial charge in [0.25, 0.3) is 0 Å². The second-order valence-electron chi connectivity index (χ2n) is 20.2. The average molecular weight is 1030 g/mol. The van der Waals surface area contributed by atoms with Crippen LogP contribution in [0.1, 0.15) is 157 Å². The van der Waals surface area contributed by atoms with Crippen LogP contribution in [0, 0.1) is 24.7 Å². The Kier molecular flexibility index (Phi) is 34.6. The molecule has 73 heavy (non-hydrogen) atoms. The normalized spacial score (nSPS) is 14.6. The smallest absolute Gasteiger partial charge is 0.237 e. The molecular formula is C54H94N10O9. The van der Waals surface area contributed by atoms with Gasteiger partial charge in [0.05, 0.1) is 43.4 Å². The fourth-order valence-electron chi connectivity index (χ4n) is 8.23. The van der Waals surface area contributed by atoms with Gasteiger partial charge in [-0.15, -0.1) is 5.53 Å². The van der Waals surface area contributed by atoms with Crippen molar-refractivity contribution in [3.63, 3.8) is 0 Å². The van der Waals surface area contributed by atoms with E-state index < -0.39 is 66.3 Å². The van der Waals surface area contributed by atoms with Crippen molar-refractivity contribution >= 4 is 46.9 Å². The van der Waals surface area contributed by atoms with Crippen LogP contribution in [0.25, 0.3) is 0 Å². The number of aliphatic hydroxyl groups is 1. The van der Waals surface area contributed by atoms with Gasteiger partial charge in [-0.1, -0.05) is 95.7 Å².